The number of benzene rings is 2. The molecule has 4 N–H and O–H groups in total. The van der Waals surface area contributed by atoms with Gasteiger partial charge in [0.05, 0.1) is 26.1 Å². The monoisotopic (exact) mass is 362 g/mol. The summed E-state index contributed by atoms with van der Waals surface area (Å²) in [6, 6.07) is 3.78. The van der Waals surface area contributed by atoms with Crippen LogP contribution < -0.4 is 11.2 Å². The molecule has 0 radical (unpaired) electrons. The van der Waals surface area contributed by atoms with Crippen LogP contribution in [0.15, 0.2) is 40.1 Å². The average Bonchev–Trinajstić information content (AvgIpc) is 2.45. The Morgan fingerprint density at radius 3 is 2.26 bits per heavy atom. The molecule has 0 aromatic heterocycles. The van der Waals surface area contributed by atoms with E-state index in [9.17, 15) is 22.0 Å². The van der Waals surface area contributed by atoms with E-state index in [2.05, 4.69) is 0 Å². The van der Waals surface area contributed by atoms with Crippen molar-refractivity contribution in [3.63, 3.8) is 0 Å². The number of nitrogens with one attached hydrogen (secondary N) is 1. The van der Waals surface area contributed by atoms with Gasteiger partial charge in [0.1, 0.15) is 11.6 Å². The van der Waals surface area contributed by atoms with Crippen molar-refractivity contribution in [2.75, 3.05) is 5.73 Å². The number of halogens is 3. The molecule has 0 atom stereocenters. The number of carbonyl (C=O) groups is 1. The van der Waals surface area contributed by atoms with E-state index in [4.69, 9.17) is 22.5 Å². The van der Waals surface area contributed by atoms with Crippen molar-refractivity contribution in [2.45, 2.75) is 9.79 Å². The maximum absolute atomic E-state index is 13.2. The van der Waals surface area contributed by atoms with Gasteiger partial charge < -0.3 is 5.73 Å². The summed E-state index contributed by atoms with van der Waals surface area (Å²) in [5, 5.41) is 8.45. The molecule has 122 valence electrons. The predicted octanol–water partition coefficient (Wildman–Crippen LogP) is 2.15. The molecule has 6 nitrogen and oxygen atoms in total. The molecule has 0 saturated heterocycles. The zero-order valence-corrected chi connectivity index (χ0v) is 12.8. The van der Waals surface area contributed by atoms with Crippen LogP contribution in [0.1, 0.15) is 10.4 Å². The Morgan fingerprint density at radius 1 is 1.17 bits per heavy atom. The maximum atomic E-state index is 13.2. The van der Waals surface area contributed by atoms with E-state index < -0.39 is 48.4 Å². The van der Waals surface area contributed by atoms with E-state index >= 15 is 0 Å². The van der Waals surface area contributed by atoms with Gasteiger partial charge in [-0.05, 0) is 24.3 Å². The minimum atomic E-state index is -4.42. The summed E-state index contributed by atoms with van der Waals surface area (Å²) >= 11 is 5.75. The molecule has 0 saturated carbocycles. The summed E-state index contributed by atoms with van der Waals surface area (Å²) < 4.78 is 51.5. The summed E-state index contributed by atoms with van der Waals surface area (Å²) in [4.78, 5) is 10.3. The Kier molecular flexibility index (Phi) is 4.55. The largest absolute Gasteiger partial charge is 0.397 e. The van der Waals surface area contributed by atoms with Gasteiger partial charge in [-0.1, -0.05) is 11.6 Å². The fourth-order valence-electron chi connectivity index (χ4n) is 1.91. The number of carbonyl (C=O) groups excluding carboxylic acids is 1. The highest BCUT2D eigenvalue weighted by atomic mass is 35.5. The lowest BCUT2D eigenvalue weighted by molar-refractivity contribution is 0.0707. The summed E-state index contributed by atoms with van der Waals surface area (Å²) in [5.74, 6) is -3.32. The fourth-order valence-corrected chi connectivity index (χ4v) is 3.58. The number of hydrogen-bond donors (Lipinski definition) is 3. The third kappa shape index (κ3) is 3.11. The number of hydroxylamine groups is 1. The molecular weight excluding hydrogens is 354 g/mol. The number of hydrogen-bond acceptors (Lipinski definition) is 5. The zero-order chi connectivity index (χ0) is 17.4. The molecule has 0 aliphatic rings. The molecule has 0 fully saturated rings. The van der Waals surface area contributed by atoms with E-state index in [0.29, 0.717) is 18.2 Å². The second kappa shape index (κ2) is 6.11. The highest BCUT2D eigenvalue weighted by Crippen LogP contribution is 2.32. The lowest BCUT2D eigenvalue weighted by Gasteiger charge is -2.12. The van der Waals surface area contributed by atoms with Crippen molar-refractivity contribution < 1.29 is 27.2 Å². The minimum Gasteiger partial charge on any atom is -0.397 e. The van der Waals surface area contributed by atoms with Gasteiger partial charge in [-0.3, -0.25) is 10.0 Å². The van der Waals surface area contributed by atoms with Crippen molar-refractivity contribution in [3.8, 4) is 0 Å². The van der Waals surface area contributed by atoms with Crippen LogP contribution in [0, 0.1) is 11.6 Å². The van der Waals surface area contributed by atoms with Crippen LogP contribution in [0.2, 0.25) is 5.02 Å². The van der Waals surface area contributed by atoms with Crippen LogP contribution in [-0.4, -0.2) is 19.5 Å². The molecule has 2 aromatic carbocycles. The third-order valence-electron chi connectivity index (χ3n) is 2.92. The second-order valence-electron chi connectivity index (χ2n) is 4.38. The highest BCUT2D eigenvalue weighted by Gasteiger charge is 2.26. The predicted molar refractivity (Wildman–Crippen MR) is 76.9 cm³/mol. The highest BCUT2D eigenvalue weighted by molar-refractivity contribution is 7.91. The van der Waals surface area contributed by atoms with Gasteiger partial charge in [0.25, 0.3) is 5.91 Å². The third-order valence-corrected chi connectivity index (χ3v) is 5.03. The number of anilines is 1. The van der Waals surface area contributed by atoms with Crippen LogP contribution in [0.4, 0.5) is 14.5 Å². The first kappa shape index (κ1) is 17.1. The Bertz CT molecular complexity index is 883. The van der Waals surface area contributed by atoms with E-state index in [1.54, 1.807) is 0 Å². The van der Waals surface area contributed by atoms with Gasteiger partial charge >= 0.3 is 0 Å². The lowest BCUT2D eigenvalue weighted by atomic mass is 10.1. The Morgan fingerprint density at radius 2 is 1.74 bits per heavy atom. The van der Waals surface area contributed by atoms with E-state index in [1.165, 1.54) is 5.48 Å². The molecule has 2 rings (SSSR count). The molecule has 23 heavy (non-hydrogen) atoms. The van der Waals surface area contributed by atoms with Gasteiger partial charge in [-0.25, -0.2) is 22.7 Å². The topological polar surface area (TPSA) is 109 Å². The first-order valence-corrected chi connectivity index (χ1v) is 7.78. The van der Waals surface area contributed by atoms with E-state index in [0.717, 1.165) is 12.1 Å². The van der Waals surface area contributed by atoms with Crippen molar-refractivity contribution in [3.05, 3.63) is 52.6 Å². The molecule has 0 aliphatic carbocycles. The van der Waals surface area contributed by atoms with Gasteiger partial charge in [0.2, 0.25) is 9.84 Å². The number of sulfone groups is 1. The Hall–Kier alpha value is -2.23. The van der Waals surface area contributed by atoms with Gasteiger partial charge in [0, 0.05) is 6.07 Å². The van der Waals surface area contributed by atoms with Gasteiger partial charge in [-0.2, -0.15) is 0 Å². The van der Waals surface area contributed by atoms with Crippen molar-refractivity contribution in [1.82, 2.24) is 5.48 Å². The zero-order valence-electron chi connectivity index (χ0n) is 11.2. The number of nitrogen functional groups attached to an aromatic ring is 1. The summed E-state index contributed by atoms with van der Waals surface area (Å²) in [5.41, 5.74) is 5.88. The molecule has 0 unspecified atom stereocenters. The molecule has 0 spiro atoms. The number of amides is 1. The average molecular weight is 363 g/mol. The normalized spacial score (nSPS) is 11.3. The van der Waals surface area contributed by atoms with Crippen LogP contribution in [-0.2, 0) is 9.84 Å². The van der Waals surface area contributed by atoms with Crippen LogP contribution in [0.5, 0.6) is 0 Å². The quantitative estimate of drug-likeness (QED) is 0.440. The van der Waals surface area contributed by atoms with Gasteiger partial charge in [0.15, 0.2) is 0 Å². The summed E-state index contributed by atoms with van der Waals surface area (Å²) in [6.45, 7) is 0. The van der Waals surface area contributed by atoms with Crippen LogP contribution in [0.3, 0.4) is 0 Å². The van der Waals surface area contributed by atoms with E-state index in [-0.39, 0.29) is 5.02 Å². The molecule has 0 bridgehead atoms. The second-order valence-corrected chi connectivity index (χ2v) is 6.71. The number of nitrogens with two attached hydrogens (primary N) is 1. The van der Waals surface area contributed by atoms with Crippen LogP contribution >= 0.6 is 11.6 Å². The summed E-state index contributed by atoms with van der Waals surface area (Å²) in [7, 11) is -4.42. The SMILES string of the molecule is Nc1c(S(=O)(=O)c2cc(F)cc(F)c2)ccc(Cl)c1C(=O)NO. The Labute approximate surface area is 134 Å². The lowest BCUT2D eigenvalue weighted by Crippen LogP contribution is -2.22. The molecular formula is C13H9ClF2N2O4S. The van der Waals surface area contributed by atoms with Crippen molar-refractivity contribution >= 4 is 33.0 Å². The van der Waals surface area contributed by atoms with Crippen molar-refractivity contribution in [1.29, 1.82) is 0 Å². The van der Waals surface area contributed by atoms with Gasteiger partial charge in [-0.15, -0.1) is 0 Å². The summed E-state index contributed by atoms with van der Waals surface area (Å²) in [6.07, 6.45) is 0. The molecule has 1 amide bonds. The molecule has 10 heteroatoms. The van der Waals surface area contributed by atoms with Crippen LogP contribution in [0.25, 0.3) is 0 Å². The molecule has 2 aromatic rings. The van der Waals surface area contributed by atoms with E-state index in [1.807, 2.05) is 0 Å². The standard InChI is InChI=1S/C13H9ClF2N2O4S/c14-9-1-2-10(12(17)11(9)13(19)18-20)23(21,22)8-4-6(15)3-7(16)5-8/h1-5,20H,17H2,(H,18,19). The maximum Gasteiger partial charge on any atom is 0.278 e. The first-order valence-electron chi connectivity index (χ1n) is 5.92. The minimum absolute atomic E-state index is 0.210. The fraction of sp³-hybridized carbons (Fsp3) is 0. The smallest absolute Gasteiger partial charge is 0.278 e. The Balaban J connectivity index is 2.72. The first-order chi connectivity index (χ1) is 10.7. The number of rotatable bonds is 3. The molecule has 0 aliphatic heterocycles. The molecule has 0 heterocycles. The van der Waals surface area contributed by atoms with Crippen molar-refractivity contribution in [2.24, 2.45) is 0 Å².